The van der Waals surface area contributed by atoms with Gasteiger partial charge in [0.15, 0.2) is 0 Å². The second kappa shape index (κ2) is 7.25. The molecule has 0 aromatic heterocycles. The third-order valence-corrected chi connectivity index (χ3v) is 5.61. The Hall–Kier alpha value is -0.690. The Bertz CT molecular complexity index is 387. The molecule has 3 aliphatic rings. The normalized spacial score (nSPS) is 32.5. The Morgan fingerprint density at radius 1 is 1.36 bits per heavy atom. The number of carbonyl (C=O) groups excluding carboxylic acids is 1. The number of rotatable bonds is 7. The molecular formula is C16H29N3O3. The van der Waals surface area contributed by atoms with E-state index in [0.29, 0.717) is 31.7 Å². The molecule has 2 saturated heterocycles. The van der Waals surface area contributed by atoms with E-state index in [1.165, 1.54) is 25.7 Å². The van der Waals surface area contributed by atoms with Crippen LogP contribution < -0.4 is 10.6 Å². The van der Waals surface area contributed by atoms with Crippen LogP contribution in [0.25, 0.3) is 0 Å². The summed E-state index contributed by atoms with van der Waals surface area (Å²) in [6, 6.07) is 0.697. The van der Waals surface area contributed by atoms with E-state index in [1.807, 2.05) is 0 Å². The van der Waals surface area contributed by atoms with Crippen molar-refractivity contribution in [2.24, 2.45) is 11.3 Å². The number of hydrogen-bond acceptors (Lipinski definition) is 5. The lowest BCUT2D eigenvalue weighted by atomic mass is 9.80. The molecule has 6 heteroatoms. The first-order valence-corrected chi connectivity index (χ1v) is 8.68. The lowest BCUT2D eigenvalue weighted by molar-refractivity contribution is -0.131. The van der Waals surface area contributed by atoms with E-state index in [1.54, 1.807) is 0 Å². The van der Waals surface area contributed by atoms with E-state index < -0.39 is 0 Å². The minimum Gasteiger partial charge on any atom is -0.394 e. The summed E-state index contributed by atoms with van der Waals surface area (Å²) in [5.41, 5.74) is -0.250. The Morgan fingerprint density at radius 3 is 2.95 bits per heavy atom. The summed E-state index contributed by atoms with van der Waals surface area (Å²) in [6.45, 7) is 5.07. The largest absolute Gasteiger partial charge is 0.394 e. The van der Waals surface area contributed by atoms with E-state index in [2.05, 4.69) is 15.5 Å². The third kappa shape index (κ3) is 3.15. The molecule has 3 fully saturated rings. The predicted octanol–water partition coefficient (Wildman–Crippen LogP) is -0.424. The van der Waals surface area contributed by atoms with Gasteiger partial charge in [0.1, 0.15) is 0 Å². The molecule has 3 rings (SSSR count). The highest BCUT2D eigenvalue weighted by Gasteiger charge is 2.55. The van der Waals surface area contributed by atoms with Gasteiger partial charge in [0.05, 0.1) is 25.2 Å². The lowest BCUT2D eigenvalue weighted by Crippen LogP contribution is -2.48. The first-order chi connectivity index (χ1) is 10.8. The Balaban J connectivity index is 1.54. The van der Waals surface area contributed by atoms with Crippen molar-refractivity contribution < 1.29 is 14.6 Å². The first-order valence-electron chi connectivity index (χ1n) is 8.68. The standard InChI is InChI=1S/C16H29N3O3/c20-6-8-22-7-5-18-15(21)16-11-17-9-13(16)10-19(12-16)14-3-1-2-4-14/h13-14,17,20H,1-12H2,(H,18,21)/t13-,16-/m1/s1. The predicted molar refractivity (Wildman–Crippen MR) is 83.5 cm³/mol. The van der Waals surface area contributed by atoms with Crippen LogP contribution in [0.2, 0.25) is 0 Å². The summed E-state index contributed by atoms with van der Waals surface area (Å²) >= 11 is 0. The quantitative estimate of drug-likeness (QED) is 0.557. The molecule has 22 heavy (non-hydrogen) atoms. The first kappa shape index (κ1) is 16.2. The molecule has 3 N–H and O–H groups in total. The van der Waals surface area contributed by atoms with E-state index in [9.17, 15) is 4.79 Å². The van der Waals surface area contributed by atoms with Gasteiger partial charge in [-0.25, -0.2) is 0 Å². The molecule has 2 heterocycles. The smallest absolute Gasteiger partial charge is 0.229 e. The molecule has 6 nitrogen and oxygen atoms in total. The average molecular weight is 311 g/mol. The molecule has 1 aliphatic carbocycles. The van der Waals surface area contributed by atoms with Crippen LogP contribution in [0, 0.1) is 11.3 Å². The third-order valence-electron chi connectivity index (χ3n) is 5.61. The maximum atomic E-state index is 12.8. The van der Waals surface area contributed by atoms with Crippen molar-refractivity contribution in [2.75, 3.05) is 52.5 Å². The van der Waals surface area contributed by atoms with Crippen LogP contribution in [-0.4, -0.2) is 74.5 Å². The number of aliphatic hydroxyl groups excluding tert-OH is 1. The van der Waals surface area contributed by atoms with Gasteiger partial charge in [-0.15, -0.1) is 0 Å². The molecular weight excluding hydrogens is 282 g/mol. The summed E-state index contributed by atoms with van der Waals surface area (Å²) in [7, 11) is 0. The fraction of sp³-hybridized carbons (Fsp3) is 0.938. The maximum absolute atomic E-state index is 12.8. The molecule has 0 aromatic rings. The number of nitrogens with zero attached hydrogens (tertiary/aromatic N) is 1. The number of ether oxygens (including phenoxy) is 1. The Labute approximate surface area is 132 Å². The van der Waals surface area contributed by atoms with Gasteiger partial charge in [-0.2, -0.15) is 0 Å². The summed E-state index contributed by atoms with van der Waals surface area (Å²) in [5, 5.41) is 15.1. The van der Waals surface area contributed by atoms with Crippen LogP contribution in [0.5, 0.6) is 0 Å². The molecule has 0 unspecified atom stereocenters. The zero-order valence-corrected chi connectivity index (χ0v) is 13.4. The van der Waals surface area contributed by atoms with Crippen LogP contribution in [-0.2, 0) is 9.53 Å². The summed E-state index contributed by atoms with van der Waals surface area (Å²) in [6.07, 6.45) is 5.27. The van der Waals surface area contributed by atoms with Crippen LogP contribution in [0.4, 0.5) is 0 Å². The van der Waals surface area contributed by atoms with E-state index >= 15 is 0 Å². The highest BCUT2D eigenvalue weighted by atomic mass is 16.5. The highest BCUT2D eigenvalue weighted by molar-refractivity contribution is 5.84. The van der Waals surface area contributed by atoms with Crippen molar-refractivity contribution in [2.45, 2.75) is 31.7 Å². The molecule has 2 atom stereocenters. The van der Waals surface area contributed by atoms with Crippen LogP contribution in [0.15, 0.2) is 0 Å². The van der Waals surface area contributed by atoms with Gasteiger partial charge in [0.25, 0.3) is 0 Å². The number of amides is 1. The second-order valence-corrected chi connectivity index (χ2v) is 6.94. The number of fused-ring (bicyclic) bond motifs is 1. The molecule has 2 aliphatic heterocycles. The van der Waals surface area contributed by atoms with E-state index in [0.717, 1.165) is 26.2 Å². The second-order valence-electron chi connectivity index (χ2n) is 6.94. The van der Waals surface area contributed by atoms with Gasteiger partial charge in [-0.05, 0) is 12.8 Å². The number of aliphatic hydroxyl groups is 1. The van der Waals surface area contributed by atoms with Gasteiger partial charge in [-0.1, -0.05) is 12.8 Å². The SMILES string of the molecule is O=C(NCCOCCO)[C@@]12CNC[C@@H]1CN(C1CCCC1)C2. The molecule has 0 bridgehead atoms. The zero-order chi connectivity index (χ0) is 15.4. The number of carbonyl (C=O) groups is 1. The van der Waals surface area contributed by atoms with E-state index in [-0.39, 0.29) is 17.9 Å². The van der Waals surface area contributed by atoms with Gasteiger partial charge in [0, 0.05) is 44.7 Å². The lowest BCUT2D eigenvalue weighted by Gasteiger charge is -2.29. The molecule has 0 aromatic carbocycles. The van der Waals surface area contributed by atoms with Crippen molar-refractivity contribution in [3.63, 3.8) is 0 Å². The van der Waals surface area contributed by atoms with Gasteiger partial charge in [0.2, 0.25) is 5.91 Å². The zero-order valence-electron chi connectivity index (χ0n) is 13.4. The number of nitrogens with one attached hydrogen (secondary N) is 2. The van der Waals surface area contributed by atoms with Crippen molar-refractivity contribution in [3.05, 3.63) is 0 Å². The molecule has 126 valence electrons. The Morgan fingerprint density at radius 2 is 2.18 bits per heavy atom. The number of hydrogen-bond donors (Lipinski definition) is 3. The maximum Gasteiger partial charge on any atom is 0.229 e. The molecule has 0 radical (unpaired) electrons. The monoisotopic (exact) mass is 311 g/mol. The van der Waals surface area contributed by atoms with Crippen molar-refractivity contribution in [1.82, 2.24) is 15.5 Å². The molecule has 1 saturated carbocycles. The van der Waals surface area contributed by atoms with Crippen molar-refractivity contribution in [3.8, 4) is 0 Å². The van der Waals surface area contributed by atoms with Crippen LogP contribution in [0.1, 0.15) is 25.7 Å². The summed E-state index contributed by atoms with van der Waals surface area (Å²) < 4.78 is 5.22. The van der Waals surface area contributed by atoms with Gasteiger partial charge < -0.3 is 20.5 Å². The van der Waals surface area contributed by atoms with Crippen molar-refractivity contribution in [1.29, 1.82) is 0 Å². The van der Waals surface area contributed by atoms with Gasteiger partial charge in [-0.3, -0.25) is 9.69 Å². The minimum absolute atomic E-state index is 0.0280. The van der Waals surface area contributed by atoms with Gasteiger partial charge >= 0.3 is 0 Å². The Kier molecular flexibility index (Phi) is 5.33. The summed E-state index contributed by atoms with van der Waals surface area (Å²) in [5.74, 6) is 0.613. The summed E-state index contributed by atoms with van der Waals surface area (Å²) in [4.78, 5) is 15.3. The van der Waals surface area contributed by atoms with Crippen LogP contribution in [0.3, 0.4) is 0 Å². The fourth-order valence-electron chi connectivity index (χ4n) is 4.41. The number of likely N-dealkylation sites (tertiary alicyclic amines) is 1. The molecule has 0 spiro atoms. The topological polar surface area (TPSA) is 73.8 Å². The minimum atomic E-state index is -0.250. The van der Waals surface area contributed by atoms with Crippen molar-refractivity contribution >= 4 is 5.91 Å². The van der Waals surface area contributed by atoms with Crippen LogP contribution >= 0.6 is 0 Å². The highest BCUT2D eigenvalue weighted by Crippen LogP contribution is 2.42. The fourth-order valence-corrected chi connectivity index (χ4v) is 4.41. The molecule has 1 amide bonds. The average Bonchev–Trinajstić information content (AvgIpc) is 3.21. The van der Waals surface area contributed by atoms with E-state index in [4.69, 9.17) is 9.84 Å².